The number of aromatic nitrogens is 4. The lowest BCUT2D eigenvalue weighted by Gasteiger charge is -2.02. The molecule has 9 heteroatoms. The van der Waals surface area contributed by atoms with Crippen molar-refractivity contribution in [1.29, 1.82) is 0 Å². The maximum absolute atomic E-state index is 5.47. The molecule has 0 bridgehead atoms. The number of unbranched alkanes of at least 4 members (excludes halogenated alkanes) is 1. The van der Waals surface area contributed by atoms with E-state index in [-0.39, 0.29) is 37.2 Å². The van der Waals surface area contributed by atoms with Crippen LogP contribution in [-0.4, -0.2) is 33.3 Å². The maximum atomic E-state index is 5.47. The highest BCUT2D eigenvalue weighted by molar-refractivity contribution is 5.86. The van der Waals surface area contributed by atoms with Gasteiger partial charge in [0.1, 0.15) is 5.82 Å². The van der Waals surface area contributed by atoms with Crippen LogP contribution in [0.1, 0.15) is 25.6 Å². The van der Waals surface area contributed by atoms with Crippen LogP contribution in [0, 0.1) is 0 Å². The van der Waals surface area contributed by atoms with Crippen molar-refractivity contribution in [3.63, 3.8) is 0 Å². The van der Waals surface area contributed by atoms with Crippen LogP contribution in [0.2, 0.25) is 0 Å². The Morgan fingerprint density at radius 1 is 1.23 bits per heavy atom. The molecular formula is C13H23Cl3N6. The van der Waals surface area contributed by atoms with E-state index in [1.165, 1.54) is 0 Å². The number of hydrogen-bond donors (Lipinski definition) is 3. The predicted octanol–water partition coefficient (Wildman–Crippen LogP) is 2.85. The van der Waals surface area contributed by atoms with Crippen LogP contribution in [0.25, 0.3) is 11.4 Å². The number of aryl methyl sites for hydroxylation is 1. The van der Waals surface area contributed by atoms with Crippen molar-refractivity contribution in [3.8, 4) is 11.4 Å². The molecule has 0 aliphatic rings. The molecule has 0 amide bonds. The number of nitrogens with zero attached hydrogens (tertiary/aromatic N) is 3. The summed E-state index contributed by atoms with van der Waals surface area (Å²) >= 11 is 0. The van der Waals surface area contributed by atoms with Gasteiger partial charge in [0.25, 0.3) is 0 Å². The molecule has 22 heavy (non-hydrogen) atoms. The zero-order valence-corrected chi connectivity index (χ0v) is 14.9. The van der Waals surface area contributed by atoms with Crippen molar-refractivity contribution in [2.75, 3.05) is 18.4 Å². The van der Waals surface area contributed by atoms with E-state index in [0.717, 1.165) is 48.8 Å². The molecule has 126 valence electrons. The first-order chi connectivity index (χ1) is 9.33. The average Bonchev–Trinajstić information content (AvgIpc) is 2.89. The van der Waals surface area contributed by atoms with Gasteiger partial charge in [0.05, 0.1) is 0 Å². The van der Waals surface area contributed by atoms with Gasteiger partial charge in [0.2, 0.25) is 0 Å². The molecule has 0 aromatic carbocycles. The van der Waals surface area contributed by atoms with Gasteiger partial charge in [-0.3, -0.25) is 5.10 Å². The zero-order chi connectivity index (χ0) is 13.5. The number of nitrogens with one attached hydrogen (secondary N) is 2. The minimum atomic E-state index is 0. The Hall–Kier alpha value is -1.08. The minimum absolute atomic E-state index is 0. The second-order valence-corrected chi connectivity index (χ2v) is 4.31. The van der Waals surface area contributed by atoms with Gasteiger partial charge in [0.15, 0.2) is 11.6 Å². The molecule has 2 aromatic rings. The van der Waals surface area contributed by atoms with Crippen LogP contribution in [0.5, 0.6) is 0 Å². The van der Waals surface area contributed by atoms with Crippen LogP contribution >= 0.6 is 37.2 Å². The Labute approximate surface area is 149 Å². The second-order valence-electron chi connectivity index (χ2n) is 4.31. The molecular weight excluding hydrogens is 347 g/mol. The van der Waals surface area contributed by atoms with Crippen molar-refractivity contribution in [2.24, 2.45) is 5.73 Å². The van der Waals surface area contributed by atoms with E-state index >= 15 is 0 Å². The van der Waals surface area contributed by atoms with Crippen molar-refractivity contribution in [3.05, 3.63) is 24.2 Å². The lowest BCUT2D eigenvalue weighted by molar-refractivity contribution is 0.718. The largest absolute Gasteiger partial charge is 0.370 e. The topological polar surface area (TPSA) is 92.5 Å². The van der Waals surface area contributed by atoms with Gasteiger partial charge in [-0.25, -0.2) is 9.97 Å². The van der Waals surface area contributed by atoms with Crippen LogP contribution in [0.4, 0.5) is 5.82 Å². The molecule has 0 radical (unpaired) electrons. The van der Waals surface area contributed by atoms with Gasteiger partial charge in [-0.15, -0.1) is 37.2 Å². The van der Waals surface area contributed by atoms with E-state index in [1.54, 1.807) is 6.20 Å². The Kier molecular flexibility index (Phi) is 13.1. The van der Waals surface area contributed by atoms with E-state index in [9.17, 15) is 0 Å². The normalized spacial score (nSPS) is 9.18. The first kappa shape index (κ1) is 23.2. The first-order valence-electron chi connectivity index (χ1n) is 6.65. The summed E-state index contributed by atoms with van der Waals surface area (Å²) in [5.41, 5.74) is 6.46. The summed E-state index contributed by atoms with van der Waals surface area (Å²) in [5.74, 6) is 2.47. The summed E-state index contributed by atoms with van der Waals surface area (Å²) < 4.78 is 0. The van der Waals surface area contributed by atoms with Crippen LogP contribution in [-0.2, 0) is 6.42 Å². The number of aromatic amines is 1. The van der Waals surface area contributed by atoms with E-state index < -0.39 is 0 Å². The molecule has 2 rings (SSSR count). The molecule has 0 aliphatic heterocycles. The van der Waals surface area contributed by atoms with Gasteiger partial charge in [-0.2, -0.15) is 5.10 Å². The van der Waals surface area contributed by atoms with Crippen LogP contribution in [0.3, 0.4) is 0 Å². The summed E-state index contributed by atoms with van der Waals surface area (Å²) in [7, 11) is 0. The Morgan fingerprint density at radius 3 is 2.68 bits per heavy atom. The first-order valence-corrected chi connectivity index (χ1v) is 6.65. The molecule has 0 fully saturated rings. The molecule has 0 unspecified atom stereocenters. The SMILES string of the molecule is CCNc1cc(-c2nc(CCCCN)n[nH]2)ccn1.Cl.Cl.Cl. The molecule has 0 saturated carbocycles. The third-order valence-corrected chi connectivity index (χ3v) is 2.78. The fraction of sp³-hybridized carbons (Fsp3) is 0.462. The van der Waals surface area contributed by atoms with Gasteiger partial charge >= 0.3 is 0 Å². The van der Waals surface area contributed by atoms with Gasteiger partial charge in [-0.1, -0.05) is 0 Å². The molecule has 0 spiro atoms. The predicted molar refractivity (Wildman–Crippen MR) is 97.5 cm³/mol. The van der Waals surface area contributed by atoms with E-state index in [1.807, 2.05) is 19.1 Å². The Balaban J connectivity index is 0. The van der Waals surface area contributed by atoms with Gasteiger partial charge in [0, 0.05) is 24.7 Å². The minimum Gasteiger partial charge on any atom is -0.370 e. The standard InChI is InChI=1S/C13H20N6.3ClH/c1-2-15-12-9-10(6-8-16-12)13-17-11(18-19-13)5-3-4-7-14;;;/h6,8-9H,2-5,7,14H2,1H3,(H,15,16)(H,17,18,19);3*1H. The fourth-order valence-electron chi connectivity index (χ4n) is 1.82. The smallest absolute Gasteiger partial charge is 0.155 e. The third kappa shape index (κ3) is 6.79. The highest BCUT2D eigenvalue weighted by atomic mass is 35.5. The lowest BCUT2D eigenvalue weighted by Crippen LogP contribution is -1.99. The lowest BCUT2D eigenvalue weighted by atomic mass is 10.2. The summed E-state index contributed by atoms with van der Waals surface area (Å²) in [6, 6.07) is 3.89. The van der Waals surface area contributed by atoms with Gasteiger partial charge < -0.3 is 11.1 Å². The molecule has 2 aromatic heterocycles. The van der Waals surface area contributed by atoms with E-state index in [4.69, 9.17) is 5.73 Å². The molecule has 0 atom stereocenters. The van der Waals surface area contributed by atoms with Crippen LogP contribution in [0.15, 0.2) is 18.3 Å². The van der Waals surface area contributed by atoms with Gasteiger partial charge in [-0.05, 0) is 38.4 Å². The second kappa shape index (κ2) is 12.5. The average molecular weight is 370 g/mol. The molecule has 0 saturated heterocycles. The number of anilines is 1. The molecule has 2 heterocycles. The quantitative estimate of drug-likeness (QED) is 0.653. The fourth-order valence-corrected chi connectivity index (χ4v) is 1.82. The van der Waals surface area contributed by atoms with Crippen LogP contribution < -0.4 is 11.1 Å². The number of H-pyrrole nitrogens is 1. The number of nitrogens with two attached hydrogens (primary N) is 1. The highest BCUT2D eigenvalue weighted by Crippen LogP contribution is 2.17. The molecule has 0 aliphatic carbocycles. The van der Waals surface area contributed by atoms with E-state index in [2.05, 4.69) is 25.5 Å². The highest BCUT2D eigenvalue weighted by Gasteiger charge is 2.06. The zero-order valence-electron chi connectivity index (χ0n) is 12.4. The summed E-state index contributed by atoms with van der Waals surface area (Å²) in [5, 5.41) is 10.4. The molecule has 6 nitrogen and oxygen atoms in total. The Bertz CT molecular complexity index is 520. The number of rotatable bonds is 7. The number of pyridine rings is 1. The van der Waals surface area contributed by atoms with Crippen molar-refractivity contribution >= 4 is 43.0 Å². The van der Waals surface area contributed by atoms with E-state index in [0.29, 0.717) is 6.54 Å². The van der Waals surface area contributed by atoms with Crippen molar-refractivity contribution in [1.82, 2.24) is 20.2 Å². The third-order valence-electron chi connectivity index (χ3n) is 2.78. The summed E-state index contributed by atoms with van der Waals surface area (Å²) in [4.78, 5) is 8.73. The monoisotopic (exact) mass is 368 g/mol. The maximum Gasteiger partial charge on any atom is 0.155 e. The Morgan fingerprint density at radius 2 is 2.00 bits per heavy atom. The number of hydrogen-bond acceptors (Lipinski definition) is 5. The van der Waals surface area contributed by atoms with Crippen molar-refractivity contribution < 1.29 is 0 Å². The summed E-state index contributed by atoms with van der Waals surface area (Å²) in [6.45, 7) is 3.60. The number of halogens is 3. The van der Waals surface area contributed by atoms with Crippen molar-refractivity contribution in [2.45, 2.75) is 26.2 Å². The molecule has 4 N–H and O–H groups in total. The summed E-state index contributed by atoms with van der Waals surface area (Å²) in [6.07, 6.45) is 4.65.